The molecule has 162 valence electrons. The predicted molar refractivity (Wildman–Crippen MR) is 124 cm³/mol. The van der Waals surface area contributed by atoms with Crippen LogP contribution in [0, 0.1) is 0 Å². The lowest BCUT2D eigenvalue weighted by molar-refractivity contribution is 0.115. The fraction of sp³-hybridized carbons (Fsp3) is 0.375. The molecule has 6 nitrogen and oxygen atoms in total. The average Bonchev–Trinajstić information content (AvgIpc) is 3.16. The summed E-state index contributed by atoms with van der Waals surface area (Å²) in [5.41, 5.74) is 5.63. The van der Waals surface area contributed by atoms with E-state index in [0.29, 0.717) is 0 Å². The average molecular weight is 439 g/mol. The zero-order valence-electron chi connectivity index (χ0n) is 17.8. The first-order valence-corrected chi connectivity index (χ1v) is 11.1. The molecule has 0 bridgehead atoms. The van der Waals surface area contributed by atoms with Gasteiger partial charge in [0.15, 0.2) is 0 Å². The van der Waals surface area contributed by atoms with Crippen molar-refractivity contribution in [2.24, 2.45) is 0 Å². The Labute approximate surface area is 187 Å². The van der Waals surface area contributed by atoms with Crippen LogP contribution < -0.4 is 4.90 Å². The third kappa shape index (κ3) is 3.54. The van der Waals surface area contributed by atoms with Crippen molar-refractivity contribution in [2.75, 3.05) is 38.1 Å². The van der Waals surface area contributed by atoms with Gasteiger partial charge in [-0.15, -0.1) is 0 Å². The van der Waals surface area contributed by atoms with Crippen LogP contribution in [0.4, 0.5) is 10.5 Å². The van der Waals surface area contributed by atoms with Crippen molar-refractivity contribution in [1.82, 2.24) is 14.8 Å². The van der Waals surface area contributed by atoms with E-state index < -0.39 is 6.09 Å². The summed E-state index contributed by atoms with van der Waals surface area (Å²) < 4.78 is 4.66. The van der Waals surface area contributed by atoms with Gasteiger partial charge in [0.05, 0.1) is 0 Å². The number of fused-ring (bicyclic) bond motifs is 3. The van der Waals surface area contributed by atoms with Crippen molar-refractivity contribution >= 4 is 34.5 Å². The summed E-state index contributed by atoms with van der Waals surface area (Å²) >= 11 is 5.54. The second-order valence-electron chi connectivity index (χ2n) is 8.65. The standard InChI is InChI=1S/C24H27ClN4O2/c1-16-15-20-19-5-3-4-6-21(19)26-22(20)23(29(16)24(30)31-25)17-7-9-18(10-8-17)28-13-11-27(2)12-14-28/h3-10,16,23,26H,11-15H2,1-2H3/t16-,23-/m0/s1. The largest absolute Gasteiger partial charge is 0.429 e. The van der Waals surface area contributed by atoms with Crippen LogP contribution in [0.1, 0.15) is 29.8 Å². The number of halogens is 1. The van der Waals surface area contributed by atoms with Crippen molar-refractivity contribution < 1.29 is 9.08 Å². The van der Waals surface area contributed by atoms with Crippen LogP contribution in [0.5, 0.6) is 0 Å². The fourth-order valence-electron chi connectivity index (χ4n) is 5.05. The number of aromatic amines is 1. The van der Waals surface area contributed by atoms with Crippen LogP contribution in [-0.2, 0) is 10.7 Å². The Morgan fingerprint density at radius 3 is 2.48 bits per heavy atom. The first-order valence-electron chi connectivity index (χ1n) is 10.8. The lowest BCUT2D eigenvalue weighted by atomic mass is 9.89. The van der Waals surface area contributed by atoms with Crippen LogP contribution in [-0.4, -0.2) is 60.1 Å². The number of likely N-dealkylation sites (N-methyl/N-ethyl adjacent to an activating group) is 1. The molecule has 2 aliphatic heterocycles. The van der Waals surface area contributed by atoms with Crippen LogP contribution in [0.25, 0.3) is 10.9 Å². The number of hydrogen-bond donors (Lipinski definition) is 1. The minimum absolute atomic E-state index is 0.0414. The number of benzene rings is 2. The Morgan fingerprint density at radius 2 is 1.77 bits per heavy atom. The molecule has 1 N–H and O–H groups in total. The van der Waals surface area contributed by atoms with Crippen molar-refractivity contribution in [2.45, 2.75) is 25.4 Å². The molecule has 7 heteroatoms. The molecule has 0 spiro atoms. The summed E-state index contributed by atoms with van der Waals surface area (Å²) in [5.74, 6) is 0. The highest BCUT2D eigenvalue weighted by molar-refractivity contribution is 6.13. The number of nitrogens with one attached hydrogen (secondary N) is 1. The maximum atomic E-state index is 12.7. The molecule has 0 saturated carbocycles. The highest BCUT2D eigenvalue weighted by Gasteiger charge is 2.39. The molecule has 3 heterocycles. The monoisotopic (exact) mass is 438 g/mol. The van der Waals surface area contributed by atoms with Gasteiger partial charge in [0.25, 0.3) is 0 Å². The summed E-state index contributed by atoms with van der Waals surface area (Å²) in [7, 11) is 2.16. The van der Waals surface area contributed by atoms with E-state index in [1.54, 1.807) is 4.90 Å². The smallest absolute Gasteiger partial charge is 0.369 e. The molecule has 3 aromatic rings. The van der Waals surface area contributed by atoms with Gasteiger partial charge in [0.1, 0.15) is 17.9 Å². The summed E-state index contributed by atoms with van der Waals surface area (Å²) in [6.45, 7) is 6.22. The minimum atomic E-state index is -0.522. The fourth-order valence-corrected chi connectivity index (χ4v) is 5.13. The molecule has 2 aliphatic rings. The van der Waals surface area contributed by atoms with E-state index in [2.05, 4.69) is 68.6 Å². The molecular formula is C24H27ClN4O2. The van der Waals surface area contributed by atoms with E-state index in [1.165, 1.54) is 16.6 Å². The quantitative estimate of drug-likeness (QED) is 0.638. The number of carbonyl (C=O) groups is 1. The number of para-hydroxylation sites is 1. The van der Waals surface area contributed by atoms with Crippen LogP contribution in [0.2, 0.25) is 0 Å². The Hall–Kier alpha value is -2.70. The number of rotatable bonds is 2. The van der Waals surface area contributed by atoms with Crippen molar-refractivity contribution in [3.8, 4) is 0 Å². The zero-order chi connectivity index (χ0) is 21.5. The summed E-state index contributed by atoms with van der Waals surface area (Å²) in [6, 6.07) is 16.5. The first kappa shape index (κ1) is 20.2. The van der Waals surface area contributed by atoms with E-state index in [1.807, 2.05) is 13.0 Å². The number of piperazine rings is 1. The third-order valence-corrected chi connectivity index (χ3v) is 6.86. The van der Waals surface area contributed by atoms with Gasteiger partial charge in [-0.25, -0.2) is 4.79 Å². The van der Waals surface area contributed by atoms with Gasteiger partial charge in [-0.1, -0.05) is 30.3 Å². The maximum Gasteiger partial charge on any atom is 0.429 e. The molecule has 1 fully saturated rings. The first-order chi connectivity index (χ1) is 15.1. The Balaban J connectivity index is 1.55. The molecular weight excluding hydrogens is 412 g/mol. The Morgan fingerprint density at radius 1 is 1.06 bits per heavy atom. The van der Waals surface area contributed by atoms with Gasteiger partial charge in [-0.2, -0.15) is 0 Å². The SMILES string of the molecule is C[C@H]1Cc2c([nH]c3ccccc23)[C@H](c2ccc(N3CCN(C)CC3)cc2)N1C(=O)OCl. The number of anilines is 1. The lowest BCUT2D eigenvalue weighted by Gasteiger charge is -2.39. The molecule has 0 radical (unpaired) electrons. The maximum absolute atomic E-state index is 12.7. The normalized spacial score (nSPS) is 21.9. The third-order valence-electron chi connectivity index (χ3n) is 6.73. The summed E-state index contributed by atoms with van der Waals surface area (Å²) in [5, 5.41) is 1.21. The van der Waals surface area contributed by atoms with Gasteiger partial charge in [-0.05, 0) is 49.7 Å². The van der Waals surface area contributed by atoms with E-state index in [0.717, 1.165) is 49.4 Å². The van der Waals surface area contributed by atoms with Gasteiger partial charge >= 0.3 is 6.09 Å². The second-order valence-corrected chi connectivity index (χ2v) is 8.80. The summed E-state index contributed by atoms with van der Waals surface area (Å²) in [4.78, 5) is 22.7. The summed E-state index contributed by atoms with van der Waals surface area (Å²) in [6.07, 6.45) is 0.230. The molecule has 2 aromatic carbocycles. The van der Waals surface area contributed by atoms with Gasteiger partial charge in [-0.3, -0.25) is 4.90 Å². The predicted octanol–water partition coefficient (Wildman–Crippen LogP) is 4.55. The Bertz CT molecular complexity index is 1090. The van der Waals surface area contributed by atoms with Crippen LogP contribution >= 0.6 is 11.9 Å². The molecule has 1 aromatic heterocycles. The number of carbonyl (C=O) groups excluding carboxylic acids is 1. The molecule has 2 atom stereocenters. The number of hydrogen-bond acceptors (Lipinski definition) is 4. The number of aromatic nitrogens is 1. The molecule has 31 heavy (non-hydrogen) atoms. The van der Waals surface area contributed by atoms with Crippen LogP contribution in [0.3, 0.4) is 0 Å². The Kier molecular flexibility index (Phi) is 5.28. The van der Waals surface area contributed by atoms with Crippen molar-refractivity contribution in [3.63, 3.8) is 0 Å². The zero-order valence-corrected chi connectivity index (χ0v) is 18.6. The molecule has 1 saturated heterocycles. The molecule has 0 unspecified atom stereocenters. The van der Waals surface area contributed by atoms with E-state index in [4.69, 9.17) is 11.9 Å². The lowest BCUT2D eigenvalue weighted by Crippen LogP contribution is -2.46. The minimum Gasteiger partial charge on any atom is -0.369 e. The van der Waals surface area contributed by atoms with Gasteiger partial charge < -0.3 is 19.1 Å². The molecule has 5 rings (SSSR count). The number of H-pyrrole nitrogens is 1. The van der Waals surface area contributed by atoms with E-state index >= 15 is 0 Å². The number of nitrogens with zero attached hydrogens (tertiary/aromatic N) is 3. The number of amides is 1. The molecule has 1 amide bonds. The van der Waals surface area contributed by atoms with E-state index in [-0.39, 0.29) is 12.1 Å². The van der Waals surface area contributed by atoms with Gasteiger partial charge in [0.2, 0.25) is 0 Å². The van der Waals surface area contributed by atoms with Crippen LogP contribution in [0.15, 0.2) is 48.5 Å². The van der Waals surface area contributed by atoms with Crippen molar-refractivity contribution in [1.29, 1.82) is 0 Å². The van der Waals surface area contributed by atoms with Gasteiger partial charge in [0, 0.05) is 54.5 Å². The second kappa shape index (κ2) is 8.09. The molecule has 0 aliphatic carbocycles. The highest BCUT2D eigenvalue weighted by Crippen LogP contribution is 2.41. The van der Waals surface area contributed by atoms with E-state index in [9.17, 15) is 4.79 Å². The highest BCUT2D eigenvalue weighted by atomic mass is 35.5. The van der Waals surface area contributed by atoms with Crippen molar-refractivity contribution in [3.05, 3.63) is 65.4 Å². The topological polar surface area (TPSA) is 51.8 Å².